The maximum atomic E-state index is 11.2. The summed E-state index contributed by atoms with van der Waals surface area (Å²) in [6, 6.07) is 4.97. The number of rotatable bonds is 1. The van der Waals surface area contributed by atoms with Crippen LogP contribution in [0.15, 0.2) is 18.2 Å². The van der Waals surface area contributed by atoms with Gasteiger partial charge in [-0.1, -0.05) is 6.07 Å². The molecule has 0 amide bonds. The molecule has 1 N–H and O–H groups in total. The second kappa shape index (κ2) is 3.21. The lowest BCUT2D eigenvalue weighted by molar-refractivity contribution is -0.147. The minimum Gasteiger partial charge on any atom is -0.508 e. The molecule has 0 aromatic heterocycles. The van der Waals surface area contributed by atoms with Crippen LogP contribution in [0.2, 0.25) is 0 Å². The number of fused-ring (bicyclic) bond motifs is 1. The highest BCUT2D eigenvalue weighted by Crippen LogP contribution is 2.35. The number of hydrogen-bond donors (Lipinski definition) is 1. The van der Waals surface area contributed by atoms with Crippen LogP contribution in [0.3, 0.4) is 0 Å². The first-order chi connectivity index (χ1) is 6.72. The average Bonchev–Trinajstić information content (AvgIpc) is 2.62. The second-order valence-corrected chi connectivity index (χ2v) is 3.09. The van der Waals surface area contributed by atoms with Gasteiger partial charge in [-0.25, -0.2) is 4.79 Å². The molecule has 0 saturated carbocycles. The number of phenolic OH excluding ortho intramolecular Hbond substituents is 1. The summed E-state index contributed by atoms with van der Waals surface area (Å²) in [5.74, 6) is 0.301. The Hall–Kier alpha value is -1.71. The molecule has 0 radical (unpaired) electrons. The van der Waals surface area contributed by atoms with E-state index in [2.05, 4.69) is 4.74 Å². The van der Waals surface area contributed by atoms with Gasteiger partial charge in [0.1, 0.15) is 11.5 Å². The highest BCUT2D eigenvalue weighted by atomic mass is 16.6. The number of ether oxygens (including phenoxy) is 2. The third-order valence-corrected chi connectivity index (χ3v) is 2.23. The third kappa shape index (κ3) is 1.28. The van der Waals surface area contributed by atoms with E-state index < -0.39 is 12.1 Å². The van der Waals surface area contributed by atoms with Crippen molar-refractivity contribution in [2.75, 3.05) is 7.11 Å². The van der Waals surface area contributed by atoms with Gasteiger partial charge in [0.25, 0.3) is 0 Å². The van der Waals surface area contributed by atoms with Gasteiger partial charge in [-0.15, -0.1) is 0 Å². The van der Waals surface area contributed by atoms with Crippen molar-refractivity contribution in [1.82, 2.24) is 0 Å². The molecule has 74 valence electrons. The summed E-state index contributed by atoms with van der Waals surface area (Å²) < 4.78 is 9.87. The molecule has 4 nitrogen and oxygen atoms in total. The van der Waals surface area contributed by atoms with Gasteiger partial charge in [0.15, 0.2) is 6.10 Å². The Bertz CT molecular complexity index is 372. The molecule has 0 bridgehead atoms. The Labute approximate surface area is 81.1 Å². The van der Waals surface area contributed by atoms with Crippen molar-refractivity contribution in [2.45, 2.75) is 12.5 Å². The van der Waals surface area contributed by atoms with Gasteiger partial charge < -0.3 is 14.6 Å². The summed E-state index contributed by atoms with van der Waals surface area (Å²) in [5.41, 5.74) is 0.669. The molecule has 1 aromatic carbocycles. The van der Waals surface area contributed by atoms with Crippen LogP contribution >= 0.6 is 0 Å². The number of methoxy groups -OCH3 is 1. The molecule has 0 fully saturated rings. The molecule has 1 aliphatic rings. The van der Waals surface area contributed by atoms with Crippen LogP contribution in [0, 0.1) is 0 Å². The van der Waals surface area contributed by atoms with Gasteiger partial charge in [-0.2, -0.15) is 0 Å². The highest BCUT2D eigenvalue weighted by Gasteiger charge is 2.31. The van der Waals surface area contributed by atoms with Gasteiger partial charge in [0, 0.05) is 12.0 Å². The van der Waals surface area contributed by atoms with Crippen LogP contribution in [-0.4, -0.2) is 24.3 Å². The van der Waals surface area contributed by atoms with Crippen molar-refractivity contribution in [3.8, 4) is 11.5 Å². The number of esters is 1. The standard InChI is InChI=1S/C10H10O4/c1-13-10(12)9-5-6-7(11)3-2-4-8(6)14-9/h2-4,9,11H,5H2,1H3. The van der Waals surface area contributed by atoms with Crippen LogP contribution < -0.4 is 4.74 Å². The van der Waals surface area contributed by atoms with Crippen LogP contribution in [0.5, 0.6) is 11.5 Å². The van der Waals surface area contributed by atoms with Crippen molar-refractivity contribution in [1.29, 1.82) is 0 Å². The van der Waals surface area contributed by atoms with E-state index in [1.54, 1.807) is 18.2 Å². The molecule has 14 heavy (non-hydrogen) atoms. The van der Waals surface area contributed by atoms with Crippen molar-refractivity contribution in [2.24, 2.45) is 0 Å². The Morgan fingerprint density at radius 2 is 2.43 bits per heavy atom. The van der Waals surface area contributed by atoms with E-state index >= 15 is 0 Å². The van der Waals surface area contributed by atoms with Gasteiger partial charge >= 0.3 is 5.97 Å². The Morgan fingerprint density at radius 1 is 1.64 bits per heavy atom. The summed E-state index contributed by atoms with van der Waals surface area (Å²) in [5, 5.41) is 9.47. The van der Waals surface area contributed by atoms with E-state index in [4.69, 9.17) is 4.74 Å². The predicted molar refractivity (Wildman–Crippen MR) is 48.2 cm³/mol. The van der Waals surface area contributed by atoms with Crippen molar-refractivity contribution >= 4 is 5.97 Å². The first-order valence-corrected chi connectivity index (χ1v) is 4.27. The SMILES string of the molecule is COC(=O)C1Cc2c(O)cccc2O1. The number of hydrogen-bond acceptors (Lipinski definition) is 4. The maximum absolute atomic E-state index is 11.2. The van der Waals surface area contributed by atoms with Gasteiger partial charge in [-0.05, 0) is 12.1 Å². The lowest BCUT2D eigenvalue weighted by Gasteiger charge is -2.06. The van der Waals surface area contributed by atoms with Gasteiger partial charge in [0.05, 0.1) is 7.11 Å². The van der Waals surface area contributed by atoms with E-state index in [1.165, 1.54) is 7.11 Å². The number of aromatic hydroxyl groups is 1. The molecule has 1 heterocycles. The van der Waals surface area contributed by atoms with E-state index in [9.17, 15) is 9.90 Å². The Balaban J connectivity index is 2.26. The number of benzene rings is 1. The predicted octanol–water partition coefficient (Wildman–Crippen LogP) is 0.869. The molecule has 4 heteroatoms. The molecular weight excluding hydrogens is 184 g/mol. The maximum Gasteiger partial charge on any atom is 0.347 e. The van der Waals surface area contributed by atoms with Crippen LogP contribution in [0.4, 0.5) is 0 Å². The topological polar surface area (TPSA) is 55.8 Å². The van der Waals surface area contributed by atoms with Crippen LogP contribution in [0.1, 0.15) is 5.56 Å². The Morgan fingerprint density at radius 3 is 3.07 bits per heavy atom. The first-order valence-electron chi connectivity index (χ1n) is 4.27. The van der Waals surface area contributed by atoms with Gasteiger partial charge in [0.2, 0.25) is 0 Å². The molecule has 0 aliphatic carbocycles. The lowest BCUT2D eigenvalue weighted by atomic mass is 10.1. The average molecular weight is 194 g/mol. The second-order valence-electron chi connectivity index (χ2n) is 3.09. The molecule has 0 spiro atoms. The fourth-order valence-electron chi connectivity index (χ4n) is 1.51. The fraction of sp³-hybridized carbons (Fsp3) is 0.300. The molecule has 1 atom stereocenters. The lowest BCUT2D eigenvalue weighted by Crippen LogP contribution is -2.26. The fourth-order valence-corrected chi connectivity index (χ4v) is 1.51. The minimum absolute atomic E-state index is 0.161. The van der Waals surface area contributed by atoms with Crippen molar-refractivity contribution in [3.05, 3.63) is 23.8 Å². The van der Waals surface area contributed by atoms with Crippen molar-refractivity contribution < 1.29 is 19.4 Å². The number of carbonyl (C=O) groups is 1. The molecular formula is C10H10O4. The molecule has 2 rings (SSSR count). The summed E-state index contributed by atoms with van der Waals surface area (Å²) in [6.07, 6.45) is -0.252. The van der Waals surface area contributed by atoms with E-state index in [-0.39, 0.29) is 5.75 Å². The first kappa shape index (κ1) is 8.87. The van der Waals surface area contributed by atoms with E-state index in [1.807, 2.05) is 0 Å². The van der Waals surface area contributed by atoms with E-state index in [0.717, 1.165) is 0 Å². The quantitative estimate of drug-likeness (QED) is 0.674. The normalized spacial score (nSPS) is 18.5. The number of carbonyl (C=O) groups excluding carboxylic acids is 1. The summed E-state index contributed by atoms with van der Waals surface area (Å²) in [7, 11) is 1.31. The zero-order chi connectivity index (χ0) is 10.1. The van der Waals surface area contributed by atoms with Crippen LogP contribution in [-0.2, 0) is 16.0 Å². The monoisotopic (exact) mass is 194 g/mol. The zero-order valence-corrected chi connectivity index (χ0v) is 7.69. The summed E-state index contributed by atoms with van der Waals surface area (Å²) in [6.45, 7) is 0. The smallest absolute Gasteiger partial charge is 0.347 e. The van der Waals surface area contributed by atoms with E-state index in [0.29, 0.717) is 17.7 Å². The minimum atomic E-state index is -0.622. The van der Waals surface area contributed by atoms with Crippen molar-refractivity contribution in [3.63, 3.8) is 0 Å². The molecule has 1 aliphatic heterocycles. The summed E-state index contributed by atoms with van der Waals surface area (Å²) >= 11 is 0. The Kier molecular flexibility index (Phi) is 2.04. The molecule has 0 saturated heterocycles. The number of phenols is 1. The zero-order valence-electron chi connectivity index (χ0n) is 7.69. The largest absolute Gasteiger partial charge is 0.508 e. The molecule has 1 unspecified atom stereocenters. The third-order valence-electron chi connectivity index (χ3n) is 2.23. The van der Waals surface area contributed by atoms with Gasteiger partial charge in [-0.3, -0.25) is 0 Å². The summed E-state index contributed by atoms with van der Waals surface area (Å²) in [4.78, 5) is 11.2. The highest BCUT2D eigenvalue weighted by molar-refractivity contribution is 5.77. The van der Waals surface area contributed by atoms with Crippen LogP contribution in [0.25, 0.3) is 0 Å². The molecule has 1 aromatic rings.